The summed E-state index contributed by atoms with van der Waals surface area (Å²) in [6, 6.07) is 12.9. The van der Waals surface area contributed by atoms with Crippen LogP contribution in [0.5, 0.6) is 0 Å². The van der Waals surface area contributed by atoms with Gasteiger partial charge in [-0.05, 0) is 50.9 Å². The lowest BCUT2D eigenvalue weighted by Crippen LogP contribution is -2.47. The van der Waals surface area contributed by atoms with Crippen LogP contribution in [0, 0.1) is 19.7 Å². The number of halogens is 1. The van der Waals surface area contributed by atoms with E-state index < -0.39 is 0 Å². The lowest BCUT2D eigenvalue weighted by Gasteiger charge is -2.33. The van der Waals surface area contributed by atoms with E-state index in [9.17, 15) is 9.18 Å². The third kappa shape index (κ3) is 3.80. The van der Waals surface area contributed by atoms with Crippen LogP contribution in [0.4, 0.5) is 4.39 Å². The molecule has 146 valence electrons. The molecule has 28 heavy (non-hydrogen) atoms. The van der Waals surface area contributed by atoms with Crippen molar-refractivity contribution < 1.29 is 13.6 Å². The second kappa shape index (κ2) is 7.76. The van der Waals surface area contributed by atoms with E-state index in [1.54, 1.807) is 6.07 Å². The fourth-order valence-corrected chi connectivity index (χ4v) is 3.98. The Morgan fingerprint density at radius 2 is 2.07 bits per heavy atom. The summed E-state index contributed by atoms with van der Waals surface area (Å²) in [6.45, 7) is 6.09. The molecule has 1 N–H and O–H groups in total. The average Bonchev–Trinajstić information content (AvgIpc) is 3.00. The molecule has 2 aromatic carbocycles. The van der Waals surface area contributed by atoms with Gasteiger partial charge in [0.05, 0.1) is 0 Å². The van der Waals surface area contributed by atoms with Gasteiger partial charge in [0.25, 0.3) is 5.91 Å². The number of hydrogen-bond donors (Lipinski definition) is 1. The first-order valence-electron chi connectivity index (χ1n) is 9.77. The van der Waals surface area contributed by atoms with Gasteiger partial charge in [0, 0.05) is 35.6 Å². The molecule has 1 aromatic heterocycles. The third-order valence-corrected chi connectivity index (χ3v) is 5.49. The number of aryl methyl sites for hydroxylation is 2. The third-order valence-electron chi connectivity index (χ3n) is 5.49. The largest absolute Gasteiger partial charge is 0.451 e. The van der Waals surface area contributed by atoms with Gasteiger partial charge in [-0.1, -0.05) is 30.3 Å². The van der Waals surface area contributed by atoms with Crippen molar-refractivity contribution in [1.29, 1.82) is 0 Å². The van der Waals surface area contributed by atoms with Gasteiger partial charge >= 0.3 is 0 Å². The molecular formula is C23H25FN2O2. The van der Waals surface area contributed by atoms with Crippen LogP contribution in [-0.4, -0.2) is 29.9 Å². The van der Waals surface area contributed by atoms with Crippen molar-refractivity contribution in [2.75, 3.05) is 13.1 Å². The molecule has 0 saturated carbocycles. The minimum absolute atomic E-state index is 0.0300. The Morgan fingerprint density at radius 1 is 1.25 bits per heavy atom. The van der Waals surface area contributed by atoms with Gasteiger partial charge in [-0.15, -0.1) is 0 Å². The highest BCUT2D eigenvalue weighted by Gasteiger charge is 2.25. The summed E-state index contributed by atoms with van der Waals surface area (Å²) in [6.07, 6.45) is 1.88. The van der Waals surface area contributed by atoms with Gasteiger partial charge in [0.2, 0.25) is 0 Å². The van der Waals surface area contributed by atoms with Gasteiger partial charge in [-0.3, -0.25) is 9.69 Å². The predicted molar refractivity (Wildman–Crippen MR) is 108 cm³/mol. The molecule has 2 heterocycles. The van der Waals surface area contributed by atoms with E-state index >= 15 is 0 Å². The van der Waals surface area contributed by atoms with E-state index in [2.05, 4.69) is 10.2 Å². The lowest BCUT2D eigenvalue weighted by molar-refractivity contribution is 0.0873. The van der Waals surface area contributed by atoms with Gasteiger partial charge in [0.1, 0.15) is 11.4 Å². The molecule has 1 aliphatic heterocycles. The number of fused-ring (bicyclic) bond motifs is 1. The number of carbonyl (C=O) groups is 1. The summed E-state index contributed by atoms with van der Waals surface area (Å²) < 4.78 is 19.8. The van der Waals surface area contributed by atoms with Gasteiger partial charge < -0.3 is 9.73 Å². The topological polar surface area (TPSA) is 45.5 Å². The van der Waals surface area contributed by atoms with Crippen molar-refractivity contribution in [2.45, 2.75) is 39.3 Å². The Balaban J connectivity index is 1.44. The highest BCUT2D eigenvalue weighted by molar-refractivity contribution is 5.99. The van der Waals surface area contributed by atoms with Crippen LogP contribution in [0.25, 0.3) is 11.0 Å². The lowest BCUT2D eigenvalue weighted by atomic mass is 10.0. The second-order valence-electron chi connectivity index (χ2n) is 7.69. The summed E-state index contributed by atoms with van der Waals surface area (Å²) in [5.74, 6) is 0.0257. The van der Waals surface area contributed by atoms with Crippen LogP contribution < -0.4 is 5.32 Å². The monoisotopic (exact) mass is 380 g/mol. The molecule has 1 fully saturated rings. The smallest absolute Gasteiger partial charge is 0.287 e. The van der Waals surface area contributed by atoms with Gasteiger partial charge in [-0.2, -0.15) is 0 Å². The quantitative estimate of drug-likeness (QED) is 0.720. The van der Waals surface area contributed by atoms with E-state index in [1.807, 2.05) is 44.2 Å². The Morgan fingerprint density at radius 3 is 2.89 bits per heavy atom. The van der Waals surface area contributed by atoms with Crippen LogP contribution in [0.3, 0.4) is 0 Å². The SMILES string of the molecule is Cc1ccc2c(C)c(C(=O)NC3CCCN(Cc4ccccc4F)C3)oc2c1. The molecule has 1 aliphatic rings. The van der Waals surface area contributed by atoms with E-state index in [-0.39, 0.29) is 17.8 Å². The minimum atomic E-state index is -0.179. The van der Waals surface area contributed by atoms with E-state index in [0.717, 1.165) is 41.5 Å². The summed E-state index contributed by atoms with van der Waals surface area (Å²) in [5.41, 5.74) is 3.40. The molecule has 4 nitrogen and oxygen atoms in total. The molecule has 1 saturated heterocycles. The molecule has 0 bridgehead atoms. The number of hydrogen-bond acceptors (Lipinski definition) is 3. The highest BCUT2D eigenvalue weighted by atomic mass is 19.1. The average molecular weight is 380 g/mol. The Hall–Kier alpha value is -2.66. The molecule has 5 heteroatoms. The second-order valence-corrected chi connectivity index (χ2v) is 7.69. The minimum Gasteiger partial charge on any atom is -0.451 e. The van der Waals surface area contributed by atoms with Crippen molar-refractivity contribution in [2.24, 2.45) is 0 Å². The summed E-state index contributed by atoms with van der Waals surface area (Å²) in [4.78, 5) is 15.0. The molecule has 4 rings (SSSR count). The number of nitrogens with zero attached hydrogens (tertiary/aromatic N) is 1. The highest BCUT2D eigenvalue weighted by Crippen LogP contribution is 2.26. The zero-order valence-electron chi connectivity index (χ0n) is 16.3. The Bertz CT molecular complexity index is 1010. The zero-order chi connectivity index (χ0) is 19.7. The van der Waals surface area contributed by atoms with E-state index in [1.165, 1.54) is 6.07 Å². The van der Waals surface area contributed by atoms with Crippen LogP contribution >= 0.6 is 0 Å². The Kier molecular flexibility index (Phi) is 5.18. The first-order chi connectivity index (χ1) is 13.5. The molecule has 1 amide bonds. The van der Waals surface area contributed by atoms with Crippen molar-refractivity contribution in [1.82, 2.24) is 10.2 Å². The van der Waals surface area contributed by atoms with Crippen LogP contribution in [0.15, 0.2) is 46.9 Å². The van der Waals surface area contributed by atoms with Crippen molar-refractivity contribution in [3.8, 4) is 0 Å². The number of nitrogens with one attached hydrogen (secondary N) is 1. The van der Waals surface area contributed by atoms with Gasteiger partial charge in [0.15, 0.2) is 5.76 Å². The van der Waals surface area contributed by atoms with Gasteiger partial charge in [-0.25, -0.2) is 4.39 Å². The number of rotatable bonds is 4. The number of carbonyl (C=O) groups excluding carboxylic acids is 1. The first-order valence-corrected chi connectivity index (χ1v) is 9.77. The summed E-state index contributed by atoms with van der Waals surface area (Å²) >= 11 is 0. The predicted octanol–water partition coefficient (Wildman–Crippen LogP) is 4.58. The number of benzene rings is 2. The fourth-order valence-electron chi connectivity index (χ4n) is 3.98. The van der Waals surface area contributed by atoms with Crippen LogP contribution in [0.1, 0.15) is 40.1 Å². The summed E-state index contributed by atoms with van der Waals surface area (Å²) in [7, 11) is 0. The zero-order valence-corrected chi connectivity index (χ0v) is 16.3. The van der Waals surface area contributed by atoms with Crippen molar-refractivity contribution in [3.63, 3.8) is 0 Å². The molecular weight excluding hydrogens is 355 g/mol. The molecule has 0 radical (unpaired) electrons. The number of amides is 1. The number of likely N-dealkylation sites (tertiary alicyclic amines) is 1. The normalized spacial score (nSPS) is 17.8. The van der Waals surface area contributed by atoms with E-state index in [0.29, 0.717) is 24.4 Å². The molecule has 1 atom stereocenters. The number of furan rings is 1. The maximum absolute atomic E-state index is 13.9. The molecule has 1 unspecified atom stereocenters. The first kappa shape index (κ1) is 18.7. The maximum atomic E-state index is 13.9. The fraction of sp³-hybridized carbons (Fsp3) is 0.348. The van der Waals surface area contributed by atoms with Crippen LogP contribution in [-0.2, 0) is 6.54 Å². The molecule has 3 aromatic rings. The van der Waals surface area contributed by atoms with E-state index in [4.69, 9.17) is 4.42 Å². The molecule has 0 spiro atoms. The van der Waals surface area contributed by atoms with Crippen molar-refractivity contribution >= 4 is 16.9 Å². The van der Waals surface area contributed by atoms with Crippen molar-refractivity contribution in [3.05, 3.63) is 70.7 Å². The Labute approximate surface area is 164 Å². The standard InChI is InChI=1S/C23H25FN2O2/c1-15-9-10-19-16(2)22(28-21(19)12-15)23(27)25-18-7-5-11-26(14-18)13-17-6-3-4-8-20(17)24/h3-4,6,8-10,12,18H,5,7,11,13-14H2,1-2H3,(H,25,27). The number of piperidine rings is 1. The maximum Gasteiger partial charge on any atom is 0.287 e. The summed E-state index contributed by atoms with van der Waals surface area (Å²) in [5, 5.41) is 4.09. The molecule has 0 aliphatic carbocycles. The van der Waals surface area contributed by atoms with Crippen LogP contribution in [0.2, 0.25) is 0 Å².